The smallest absolute Gasteiger partial charge is 0.337 e. The van der Waals surface area contributed by atoms with Gasteiger partial charge in [0.2, 0.25) is 0 Å². The number of benzene rings is 2. The molecule has 0 saturated heterocycles. The van der Waals surface area contributed by atoms with Crippen molar-refractivity contribution in [3.05, 3.63) is 59.2 Å². The molecule has 0 unspecified atom stereocenters. The number of esters is 1. The van der Waals surface area contributed by atoms with Gasteiger partial charge in [0.15, 0.2) is 0 Å². The van der Waals surface area contributed by atoms with Gasteiger partial charge in [-0.3, -0.25) is 0 Å². The van der Waals surface area contributed by atoms with Gasteiger partial charge in [0.1, 0.15) is 0 Å². The molecule has 0 bridgehead atoms. The van der Waals surface area contributed by atoms with Gasteiger partial charge in [-0.25, -0.2) is 9.59 Å². The Balaban J connectivity index is 2.29. The Labute approximate surface area is 131 Å². The van der Waals surface area contributed by atoms with E-state index in [0.29, 0.717) is 16.0 Å². The fourth-order valence-corrected chi connectivity index (χ4v) is 2.68. The Morgan fingerprint density at radius 1 is 1.18 bits per heavy atom. The van der Waals surface area contributed by atoms with Crippen LogP contribution < -0.4 is 0 Å². The second kappa shape index (κ2) is 6.78. The lowest BCUT2D eigenvalue weighted by atomic mass is 10.1. The Kier molecular flexibility index (Phi) is 4.81. The van der Waals surface area contributed by atoms with Crippen molar-refractivity contribution < 1.29 is 19.4 Å². The number of hydrogen-bond acceptors (Lipinski definition) is 5. The molecule has 2 aromatic carbocycles. The molecule has 6 heteroatoms. The summed E-state index contributed by atoms with van der Waals surface area (Å²) in [7, 11) is 1.31. The highest BCUT2D eigenvalue weighted by atomic mass is 32.2. The number of methoxy groups -OCH3 is 1. The Morgan fingerprint density at radius 3 is 2.41 bits per heavy atom. The van der Waals surface area contributed by atoms with E-state index in [9.17, 15) is 14.7 Å². The largest absolute Gasteiger partial charge is 0.478 e. The molecule has 0 radical (unpaired) electrons. The van der Waals surface area contributed by atoms with Crippen molar-refractivity contribution in [1.82, 2.24) is 0 Å². The van der Waals surface area contributed by atoms with E-state index in [1.54, 1.807) is 36.4 Å². The van der Waals surface area contributed by atoms with E-state index in [2.05, 4.69) is 4.74 Å². The summed E-state index contributed by atoms with van der Waals surface area (Å²) in [4.78, 5) is 23.9. The molecule has 0 atom stereocenters. The molecule has 0 aliphatic rings. The highest BCUT2D eigenvalue weighted by Crippen LogP contribution is 2.31. The van der Waals surface area contributed by atoms with Crippen molar-refractivity contribution in [2.75, 3.05) is 7.11 Å². The number of carbonyl (C=O) groups is 2. The van der Waals surface area contributed by atoms with Crippen LogP contribution in [0.4, 0.5) is 0 Å². The Morgan fingerprint density at radius 2 is 1.86 bits per heavy atom. The predicted molar refractivity (Wildman–Crippen MR) is 80.0 cm³/mol. The SMILES string of the molecule is COC(=O)c1ccc(Sc2ccc(C#N)cc2C(=O)O)cc1. The van der Waals surface area contributed by atoms with Crippen LogP contribution in [0.2, 0.25) is 0 Å². The van der Waals surface area contributed by atoms with Crippen LogP contribution in [0.15, 0.2) is 52.3 Å². The number of carbonyl (C=O) groups excluding carboxylic acids is 1. The molecule has 0 saturated carbocycles. The van der Waals surface area contributed by atoms with Gasteiger partial charge >= 0.3 is 11.9 Å². The lowest BCUT2D eigenvalue weighted by Gasteiger charge is -2.07. The first-order valence-corrected chi connectivity index (χ1v) is 7.00. The van der Waals surface area contributed by atoms with Crippen LogP contribution in [-0.4, -0.2) is 24.2 Å². The molecular weight excluding hydrogens is 302 g/mol. The molecule has 22 heavy (non-hydrogen) atoms. The number of nitriles is 1. The summed E-state index contributed by atoms with van der Waals surface area (Å²) in [6.07, 6.45) is 0. The van der Waals surface area contributed by atoms with E-state index < -0.39 is 11.9 Å². The van der Waals surface area contributed by atoms with E-state index in [4.69, 9.17) is 5.26 Å². The molecule has 0 heterocycles. The Hall–Kier alpha value is -2.78. The summed E-state index contributed by atoms with van der Waals surface area (Å²) in [6.45, 7) is 0. The highest BCUT2D eigenvalue weighted by Gasteiger charge is 2.13. The third kappa shape index (κ3) is 3.45. The van der Waals surface area contributed by atoms with Gasteiger partial charge in [-0.2, -0.15) is 5.26 Å². The zero-order valence-electron chi connectivity index (χ0n) is 11.6. The van der Waals surface area contributed by atoms with Gasteiger partial charge in [-0.15, -0.1) is 0 Å². The van der Waals surface area contributed by atoms with Crippen LogP contribution in [0, 0.1) is 11.3 Å². The zero-order valence-corrected chi connectivity index (χ0v) is 12.4. The summed E-state index contributed by atoms with van der Waals surface area (Å²) < 4.78 is 4.62. The Bertz CT molecular complexity index is 763. The van der Waals surface area contributed by atoms with Crippen molar-refractivity contribution in [2.24, 2.45) is 0 Å². The van der Waals surface area contributed by atoms with Crippen LogP contribution in [0.25, 0.3) is 0 Å². The van der Waals surface area contributed by atoms with Gasteiger partial charge < -0.3 is 9.84 Å². The van der Waals surface area contributed by atoms with Crippen LogP contribution in [0.3, 0.4) is 0 Å². The molecule has 2 rings (SSSR count). The number of rotatable bonds is 4. The lowest BCUT2D eigenvalue weighted by molar-refractivity contribution is 0.0599. The van der Waals surface area contributed by atoms with Gasteiger partial charge in [0, 0.05) is 9.79 Å². The first kappa shape index (κ1) is 15.6. The second-order valence-corrected chi connectivity index (χ2v) is 5.36. The molecule has 0 fully saturated rings. The van der Waals surface area contributed by atoms with Crippen molar-refractivity contribution in [1.29, 1.82) is 5.26 Å². The average Bonchev–Trinajstić information content (AvgIpc) is 2.55. The molecule has 0 aliphatic carbocycles. The summed E-state index contributed by atoms with van der Waals surface area (Å²) in [5, 5.41) is 18.1. The van der Waals surface area contributed by atoms with Crippen LogP contribution in [0.1, 0.15) is 26.3 Å². The molecule has 0 spiro atoms. The quantitative estimate of drug-likeness (QED) is 0.872. The fourth-order valence-electron chi connectivity index (χ4n) is 1.76. The van der Waals surface area contributed by atoms with Crippen LogP contribution >= 0.6 is 11.8 Å². The standard InChI is InChI=1S/C16H11NO4S/c1-21-16(20)11-3-5-12(6-4-11)22-14-7-2-10(9-17)8-13(14)15(18)19/h2-8H,1H3,(H,18,19). The summed E-state index contributed by atoms with van der Waals surface area (Å²) >= 11 is 1.25. The van der Waals surface area contributed by atoms with Gasteiger partial charge in [-0.05, 0) is 42.5 Å². The highest BCUT2D eigenvalue weighted by molar-refractivity contribution is 7.99. The van der Waals surface area contributed by atoms with E-state index in [1.807, 2.05) is 6.07 Å². The number of carboxylic acids is 1. The maximum absolute atomic E-state index is 11.4. The minimum atomic E-state index is -1.09. The summed E-state index contributed by atoms with van der Waals surface area (Å²) in [5.74, 6) is -1.52. The molecule has 1 N–H and O–H groups in total. The van der Waals surface area contributed by atoms with E-state index in [0.717, 1.165) is 4.90 Å². The molecule has 0 aliphatic heterocycles. The third-order valence-electron chi connectivity index (χ3n) is 2.84. The zero-order chi connectivity index (χ0) is 16.1. The minimum absolute atomic E-state index is 0.0705. The number of ether oxygens (including phenoxy) is 1. The summed E-state index contributed by atoms with van der Waals surface area (Å²) in [5.41, 5.74) is 0.786. The number of nitrogens with zero attached hydrogens (tertiary/aromatic N) is 1. The van der Waals surface area contributed by atoms with E-state index in [1.165, 1.54) is 24.9 Å². The van der Waals surface area contributed by atoms with Crippen LogP contribution in [-0.2, 0) is 4.74 Å². The predicted octanol–water partition coefficient (Wildman–Crippen LogP) is 3.19. The molecule has 0 amide bonds. The van der Waals surface area contributed by atoms with Gasteiger partial charge in [-0.1, -0.05) is 11.8 Å². The molecule has 110 valence electrons. The maximum Gasteiger partial charge on any atom is 0.337 e. The second-order valence-electron chi connectivity index (χ2n) is 4.25. The van der Waals surface area contributed by atoms with Crippen LogP contribution in [0.5, 0.6) is 0 Å². The number of aromatic carboxylic acids is 1. The van der Waals surface area contributed by atoms with Crippen molar-refractivity contribution in [2.45, 2.75) is 9.79 Å². The van der Waals surface area contributed by atoms with Crippen molar-refractivity contribution >= 4 is 23.7 Å². The van der Waals surface area contributed by atoms with E-state index >= 15 is 0 Å². The molecule has 5 nitrogen and oxygen atoms in total. The van der Waals surface area contributed by atoms with Crippen molar-refractivity contribution in [3.63, 3.8) is 0 Å². The lowest BCUT2D eigenvalue weighted by Crippen LogP contribution is -2.01. The number of hydrogen-bond donors (Lipinski definition) is 1. The molecule has 2 aromatic rings. The first-order chi connectivity index (χ1) is 10.5. The normalized spacial score (nSPS) is 9.82. The van der Waals surface area contributed by atoms with Crippen molar-refractivity contribution in [3.8, 4) is 6.07 Å². The first-order valence-electron chi connectivity index (χ1n) is 6.19. The molecular formula is C16H11NO4S. The fraction of sp³-hybridized carbons (Fsp3) is 0.0625. The minimum Gasteiger partial charge on any atom is -0.478 e. The van der Waals surface area contributed by atoms with Gasteiger partial charge in [0.25, 0.3) is 0 Å². The monoisotopic (exact) mass is 313 g/mol. The topological polar surface area (TPSA) is 87.4 Å². The molecule has 0 aromatic heterocycles. The average molecular weight is 313 g/mol. The maximum atomic E-state index is 11.4. The van der Waals surface area contributed by atoms with E-state index in [-0.39, 0.29) is 5.56 Å². The third-order valence-corrected chi connectivity index (χ3v) is 3.93. The van der Waals surface area contributed by atoms with Gasteiger partial charge in [0.05, 0.1) is 29.9 Å². The summed E-state index contributed by atoms with van der Waals surface area (Å²) in [6, 6.07) is 13.1. The number of carboxylic acid groups (broad SMARTS) is 1.